The number of halogens is 1. The average Bonchev–Trinajstić information content (AvgIpc) is 3.40. The third-order valence-electron chi connectivity index (χ3n) is 5.91. The van der Waals surface area contributed by atoms with Crippen molar-refractivity contribution >= 4 is 23.4 Å². The molecule has 1 atom stereocenters. The molecule has 0 aliphatic carbocycles. The van der Waals surface area contributed by atoms with Gasteiger partial charge in [-0.2, -0.15) is 5.10 Å². The van der Waals surface area contributed by atoms with E-state index in [0.29, 0.717) is 41.5 Å². The lowest BCUT2D eigenvalue weighted by Crippen LogP contribution is -2.52. The molecule has 152 valence electrons. The lowest BCUT2D eigenvalue weighted by Gasteiger charge is -2.40. The summed E-state index contributed by atoms with van der Waals surface area (Å²) in [5, 5.41) is 5.02. The van der Waals surface area contributed by atoms with Crippen molar-refractivity contribution in [3.05, 3.63) is 81.9 Å². The van der Waals surface area contributed by atoms with Crippen molar-refractivity contribution in [1.29, 1.82) is 0 Å². The highest BCUT2D eigenvalue weighted by Crippen LogP contribution is 2.49. The molecule has 30 heavy (non-hydrogen) atoms. The molecule has 7 nitrogen and oxygen atoms in total. The van der Waals surface area contributed by atoms with Gasteiger partial charge in [0.2, 0.25) is 0 Å². The van der Waals surface area contributed by atoms with Gasteiger partial charge in [0.25, 0.3) is 11.8 Å². The van der Waals surface area contributed by atoms with Crippen LogP contribution in [0.2, 0.25) is 5.02 Å². The number of aromatic nitrogens is 3. The first-order chi connectivity index (χ1) is 14.5. The molecule has 1 unspecified atom stereocenters. The molecule has 2 aliphatic heterocycles. The van der Waals surface area contributed by atoms with Crippen LogP contribution in [0.1, 0.15) is 44.6 Å². The fourth-order valence-corrected chi connectivity index (χ4v) is 4.83. The van der Waals surface area contributed by atoms with Gasteiger partial charge in [0, 0.05) is 48.2 Å². The van der Waals surface area contributed by atoms with E-state index < -0.39 is 5.66 Å². The van der Waals surface area contributed by atoms with Gasteiger partial charge in [-0.3, -0.25) is 19.3 Å². The molecule has 1 fully saturated rings. The molecule has 1 saturated heterocycles. The molecule has 4 heterocycles. The van der Waals surface area contributed by atoms with Crippen molar-refractivity contribution < 1.29 is 9.59 Å². The first-order valence-electron chi connectivity index (χ1n) is 9.87. The zero-order valence-corrected chi connectivity index (χ0v) is 17.4. The molecular weight excluding hydrogens is 402 g/mol. The van der Waals surface area contributed by atoms with Crippen LogP contribution in [-0.4, -0.2) is 49.5 Å². The van der Waals surface area contributed by atoms with Crippen LogP contribution in [0.5, 0.6) is 0 Å². The smallest absolute Gasteiger partial charge is 0.274 e. The third kappa shape index (κ3) is 2.38. The standard InChI is InChI=1S/C22H20ClN5O2/c1-3-28-19(12-14(2)25-28)21(30)27-11-10-26-20(29)17-8-9-24-13-18(17)22(26,27)15-4-6-16(23)7-5-15/h4-9,12-13H,3,10-11H2,1-2H3. The van der Waals surface area contributed by atoms with E-state index in [1.54, 1.807) is 51.1 Å². The van der Waals surface area contributed by atoms with Crippen LogP contribution in [0.4, 0.5) is 0 Å². The van der Waals surface area contributed by atoms with E-state index in [4.69, 9.17) is 11.6 Å². The van der Waals surface area contributed by atoms with Gasteiger partial charge in [0.15, 0.2) is 5.66 Å². The highest BCUT2D eigenvalue weighted by molar-refractivity contribution is 6.30. The van der Waals surface area contributed by atoms with Crippen molar-refractivity contribution in [2.75, 3.05) is 13.1 Å². The summed E-state index contributed by atoms with van der Waals surface area (Å²) in [6, 6.07) is 10.8. The summed E-state index contributed by atoms with van der Waals surface area (Å²) in [5.74, 6) is -0.266. The summed E-state index contributed by atoms with van der Waals surface area (Å²) in [6.45, 7) is 5.24. The molecule has 0 radical (unpaired) electrons. The van der Waals surface area contributed by atoms with Gasteiger partial charge < -0.3 is 9.80 Å². The second-order valence-corrected chi connectivity index (χ2v) is 7.94. The number of hydrogen-bond donors (Lipinski definition) is 0. The predicted octanol–water partition coefficient (Wildman–Crippen LogP) is 3.07. The first-order valence-corrected chi connectivity index (χ1v) is 10.2. The van der Waals surface area contributed by atoms with E-state index in [-0.39, 0.29) is 11.8 Å². The van der Waals surface area contributed by atoms with Gasteiger partial charge in [-0.15, -0.1) is 0 Å². The van der Waals surface area contributed by atoms with Crippen LogP contribution in [0.15, 0.2) is 48.8 Å². The Balaban J connectivity index is 1.75. The Labute approximate surface area is 178 Å². The van der Waals surface area contributed by atoms with Crippen LogP contribution in [0, 0.1) is 6.92 Å². The van der Waals surface area contributed by atoms with Gasteiger partial charge in [0.05, 0.1) is 11.3 Å². The highest BCUT2D eigenvalue weighted by atomic mass is 35.5. The van der Waals surface area contributed by atoms with Crippen molar-refractivity contribution in [2.24, 2.45) is 0 Å². The Kier molecular flexibility index (Phi) is 4.18. The number of aryl methyl sites for hydroxylation is 2. The molecule has 0 N–H and O–H groups in total. The summed E-state index contributed by atoms with van der Waals surface area (Å²) < 4.78 is 1.71. The Bertz CT molecular complexity index is 1170. The maximum Gasteiger partial charge on any atom is 0.274 e. The van der Waals surface area contributed by atoms with Crippen molar-refractivity contribution in [1.82, 2.24) is 24.6 Å². The van der Waals surface area contributed by atoms with Crippen molar-refractivity contribution in [3.8, 4) is 0 Å². The molecule has 2 aliphatic rings. The van der Waals surface area contributed by atoms with Crippen LogP contribution < -0.4 is 0 Å². The number of benzene rings is 1. The normalized spacial score (nSPS) is 19.9. The van der Waals surface area contributed by atoms with Crippen LogP contribution in [0.25, 0.3) is 0 Å². The lowest BCUT2D eigenvalue weighted by molar-refractivity contribution is 0.0367. The average molecular weight is 422 g/mol. The highest BCUT2D eigenvalue weighted by Gasteiger charge is 2.60. The zero-order valence-electron chi connectivity index (χ0n) is 16.7. The summed E-state index contributed by atoms with van der Waals surface area (Å²) >= 11 is 6.14. The van der Waals surface area contributed by atoms with E-state index >= 15 is 0 Å². The number of nitrogens with zero attached hydrogens (tertiary/aromatic N) is 5. The second kappa shape index (κ2) is 6.67. The van der Waals surface area contributed by atoms with Gasteiger partial charge in [-0.05, 0) is 38.1 Å². The number of pyridine rings is 1. The van der Waals surface area contributed by atoms with Crippen molar-refractivity contribution in [3.63, 3.8) is 0 Å². The maximum absolute atomic E-state index is 13.8. The minimum atomic E-state index is -1.06. The first kappa shape index (κ1) is 18.8. The topological polar surface area (TPSA) is 71.3 Å². The minimum absolute atomic E-state index is 0.0992. The predicted molar refractivity (Wildman–Crippen MR) is 111 cm³/mol. The summed E-state index contributed by atoms with van der Waals surface area (Å²) in [5.41, 5.74) is 2.31. The Hall–Kier alpha value is -3.19. The van der Waals surface area contributed by atoms with Gasteiger partial charge in [-0.25, -0.2) is 0 Å². The van der Waals surface area contributed by atoms with Crippen LogP contribution >= 0.6 is 11.6 Å². The molecule has 2 amide bonds. The number of hydrogen-bond acceptors (Lipinski definition) is 4. The van der Waals surface area contributed by atoms with Crippen LogP contribution in [0.3, 0.4) is 0 Å². The fourth-order valence-electron chi connectivity index (χ4n) is 4.71. The number of carbonyl (C=O) groups is 2. The monoisotopic (exact) mass is 421 g/mol. The number of carbonyl (C=O) groups excluding carboxylic acids is 2. The Morgan fingerprint density at radius 2 is 1.97 bits per heavy atom. The quantitative estimate of drug-likeness (QED) is 0.651. The Morgan fingerprint density at radius 1 is 1.20 bits per heavy atom. The summed E-state index contributed by atoms with van der Waals surface area (Å²) in [6.07, 6.45) is 3.30. The second-order valence-electron chi connectivity index (χ2n) is 7.50. The van der Waals surface area contributed by atoms with Gasteiger partial charge in [-0.1, -0.05) is 23.7 Å². The minimum Gasteiger partial charge on any atom is -0.306 e. The van der Waals surface area contributed by atoms with E-state index in [1.165, 1.54) is 0 Å². The molecule has 2 aromatic heterocycles. The largest absolute Gasteiger partial charge is 0.306 e. The molecule has 0 saturated carbocycles. The van der Waals surface area contributed by atoms with Gasteiger partial charge >= 0.3 is 0 Å². The molecule has 5 rings (SSSR count). The van der Waals surface area contributed by atoms with Gasteiger partial charge in [0.1, 0.15) is 5.69 Å². The van der Waals surface area contributed by atoms with E-state index in [2.05, 4.69) is 10.1 Å². The SMILES string of the molecule is CCn1nc(C)cc1C(=O)N1CCN2C(=O)c3ccncc3C21c1ccc(Cl)cc1. The maximum atomic E-state index is 13.8. The van der Waals surface area contributed by atoms with E-state index in [1.807, 2.05) is 26.0 Å². The summed E-state index contributed by atoms with van der Waals surface area (Å²) in [4.78, 5) is 34.9. The Morgan fingerprint density at radius 3 is 2.70 bits per heavy atom. The van der Waals surface area contributed by atoms with E-state index in [9.17, 15) is 9.59 Å². The fraction of sp³-hybridized carbons (Fsp3) is 0.273. The van der Waals surface area contributed by atoms with Crippen LogP contribution in [-0.2, 0) is 12.2 Å². The van der Waals surface area contributed by atoms with E-state index in [0.717, 1.165) is 11.3 Å². The zero-order chi connectivity index (χ0) is 21.0. The number of amides is 2. The number of fused-ring (bicyclic) bond motifs is 3. The third-order valence-corrected chi connectivity index (χ3v) is 6.17. The molecule has 8 heteroatoms. The lowest BCUT2D eigenvalue weighted by atomic mass is 9.91. The molecular formula is C22H20ClN5O2. The molecule has 1 aromatic carbocycles. The molecule has 3 aromatic rings. The van der Waals surface area contributed by atoms with Crippen molar-refractivity contribution in [2.45, 2.75) is 26.1 Å². The number of rotatable bonds is 3. The molecule has 0 bridgehead atoms. The summed E-state index contributed by atoms with van der Waals surface area (Å²) in [7, 11) is 0. The molecule has 0 spiro atoms.